The van der Waals surface area contributed by atoms with E-state index in [0.29, 0.717) is 23.7 Å². The van der Waals surface area contributed by atoms with E-state index in [9.17, 15) is 4.79 Å². The molecule has 1 aliphatic heterocycles. The summed E-state index contributed by atoms with van der Waals surface area (Å²) in [6, 6.07) is 7.55. The second-order valence-corrected chi connectivity index (χ2v) is 8.99. The molecule has 0 bridgehead atoms. The lowest BCUT2D eigenvalue weighted by molar-refractivity contribution is -0.117. The van der Waals surface area contributed by atoms with Crippen LogP contribution < -0.4 is 20.9 Å². The molecule has 34 heavy (non-hydrogen) atoms. The number of amides is 1. The van der Waals surface area contributed by atoms with Crippen LogP contribution in [0.4, 0.5) is 35.0 Å². The van der Waals surface area contributed by atoms with Gasteiger partial charge in [0, 0.05) is 54.7 Å². The molecule has 1 saturated heterocycles. The number of H-pyrrole nitrogens is 1. The van der Waals surface area contributed by atoms with Gasteiger partial charge in [-0.3, -0.25) is 9.89 Å². The van der Waals surface area contributed by atoms with E-state index in [1.165, 1.54) is 0 Å². The number of anilines is 6. The van der Waals surface area contributed by atoms with Crippen molar-refractivity contribution in [2.75, 3.05) is 54.1 Å². The van der Waals surface area contributed by atoms with Crippen LogP contribution >= 0.6 is 0 Å². The molecule has 2 aliphatic rings. The number of piperazine rings is 1. The average molecular weight is 463 g/mol. The highest BCUT2D eigenvalue weighted by Crippen LogP contribution is 2.30. The third kappa shape index (κ3) is 5.09. The molecule has 1 aromatic carbocycles. The van der Waals surface area contributed by atoms with E-state index in [1.807, 2.05) is 38.1 Å². The van der Waals surface area contributed by atoms with Crippen LogP contribution in [0.2, 0.25) is 0 Å². The normalized spacial score (nSPS) is 16.4. The van der Waals surface area contributed by atoms with Crippen LogP contribution in [-0.4, -0.2) is 69.2 Å². The maximum atomic E-state index is 12.0. The third-order valence-corrected chi connectivity index (χ3v) is 6.25. The number of nitrogens with one attached hydrogen (secondary N) is 4. The van der Waals surface area contributed by atoms with Gasteiger partial charge in [-0.25, -0.2) is 0 Å². The van der Waals surface area contributed by atoms with Crippen LogP contribution in [-0.2, 0) is 4.79 Å². The average Bonchev–Trinajstić information content (AvgIpc) is 3.64. The third-order valence-electron chi connectivity index (χ3n) is 6.25. The Labute approximate surface area is 198 Å². The van der Waals surface area contributed by atoms with E-state index in [0.717, 1.165) is 61.7 Å². The molecule has 4 N–H and O–H groups in total. The number of carbonyl (C=O) groups excluding carboxylic acids is 1. The van der Waals surface area contributed by atoms with Gasteiger partial charge in [-0.1, -0.05) is 0 Å². The number of carbonyl (C=O) groups is 1. The SMILES string of the molecule is Cc1[nH]nc(Nc2nc(Nc3ccc(NC(=O)C4CC4)cc3)nc(N3CCN(C)CC3)n2)c1C. The van der Waals surface area contributed by atoms with Gasteiger partial charge in [0.1, 0.15) is 0 Å². The molecule has 0 radical (unpaired) electrons. The Hall–Kier alpha value is -3.73. The molecule has 11 nitrogen and oxygen atoms in total. The predicted octanol–water partition coefficient (Wildman–Crippen LogP) is 2.80. The molecule has 0 unspecified atom stereocenters. The summed E-state index contributed by atoms with van der Waals surface area (Å²) in [7, 11) is 2.12. The summed E-state index contributed by atoms with van der Waals surface area (Å²) in [5.41, 5.74) is 3.60. The highest BCUT2D eigenvalue weighted by Gasteiger charge is 2.29. The van der Waals surface area contributed by atoms with E-state index in [4.69, 9.17) is 0 Å². The Morgan fingerprint density at radius 3 is 2.21 bits per heavy atom. The monoisotopic (exact) mass is 462 g/mol. The van der Waals surface area contributed by atoms with Gasteiger partial charge in [0.05, 0.1) is 0 Å². The quantitative estimate of drug-likeness (QED) is 0.419. The van der Waals surface area contributed by atoms with Gasteiger partial charge in [0.25, 0.3) is 0 Å². The minimum atomic E-state index is 0.0922. The maximum absolute atomic E-state index is 12.0. The summed E-state index contributed by atoms with van der Waals surface area (Å²) in [5, 5.41) is 16.7. The van der Waals surface area contributed by atoms with Gasteiger partial charge in [-0.05, 0) is 58.0 Å². The number of aromatic amines is 1. The number of likely N-dealkylation sites (N-methyl/N-ethyl adjacent to an activating group) is 1. The number of benzene rings is 1. The van der Waals surface area contributed by atoms with Crippen molar-refractivity contribution in [3.05, 3.63) is 35.5 Å². The van der Waals surface area contributed by atoms with Gasteiger partial charge in [-0.2, -0.15) is 20.1 Å². The minimum absolute atomic E-state index is 0.0922. The molecule has 0 atom stereocenters. The van der Waals surface area contributed by atoms with Gasteiger partial charge in [0.15, 0.2) is 5.82 Å². The largest absolute Gasteiger partial charge is 0.338 e. The first-order chi connectivity index (χ1) is 16.4. The zero-order chi connectivity index (χ0) is 23.7. The molecule has 2 aromatic heterocycles. The van der Waals surface area contributed by atoms with E-state index >= 15 is 0 Å². The molecule has 3 heterocycles. The Morgan fingerprint density at radius 1 is 0.941 bits per heavy atom. The first kappa shape index (κ1) is 22.1. The lowest BCUT2D eigenvalue weighted by Gasteiger charge is -2.32. The summed E-state index contributed by atoms with van der Waals surface area (Å²) in [6.45, 7) is 7.54. The number of rotatable bonds is 7. The summed E-state index contributed by atoms with van der Waals surface area (Å²) in [4.78, 5) is 30.4. The van der Waals surface area contributed by atoms with E-state index < -0.39 is 0 Å². The second kappa shape index (κ2) is 9.26. The molecule has 1 saturated carbocycles. The smallest absolute Gasteiger partial charge is 0.235 e. The standard InChI is InChI=1S/C23H30N10O/c1-14-15(2)30-31-19(14)26-22-27-21(28-23(29-22)33-12-10-32(3)11-13-33)25-18-8-6-17(7-9-18)24-20(34)16-4-5-16/h6-9,16H,4-5,10-13H2,1-3H3,(H,24,34)(H3,25,26,27,28,29,30,31). The van der Waals surface area contributed by atoms with Crippen molar-refractivity contribution in [1.82, 2.24) is 30.0 Å². The number of nitrogens with zero attached hydrogens (tertiary/aromatic N) is 6. The molecule has 1 aliphatic carbocycles. The fourth-order valence-electron chi connectivity index (χ4n) is 3.69. The Balaban J connectivity index is 1.36. The first-order valence-corrected chi connectivity index (χ1v) is 11.6. The number of aryl methyl sites for hydroxylation is 1. The van der Waals surface area contributed by atoms with Crippen LogP contribution in [0.1, 0.15) is 24.1 Å². The fourth-order valence-corrected chi connectivity index (χ4v) is 3.69. The maximum Gasteiger partial charge on any atom is 0.235 e. The lowest BCUT2D eigenvalue weighted by atomic mass is 10.2. The molecule has 3 aromatic rings. The zero-order valence-electron chi connectivity index (χ0n) is 19.7. The summed E-state index contributed by atoms with van der Waals surface area (Å²) < 4.78 is 0. The van der Waals surface area contributed by atoms with E-state index in [-0.39, 0.29) is 11.8 Å². The highest BCUT2D eigenvalue weighted by molar-refractivity contribution is 5.94. The molecule has 178 valence electrons. The molecule has 11 heteroatoms. The van der Waals surface area contributed by atoms with Gasteiger partial charge in [0.2, 0.25) is 23.8 Å². The summed E-state index contributed by atoms with van der Waals surface area (Å²) in [5.74, 6) is 2.43. The molecule has 0 spiro atoms. The molecular formula is C23H30N10O. The highest BCUT2D eigenvalue weighted by atomic mass is 16.2. The van der Waals surface area contributed by atoms with Crippen molar-refractivity contribution in [3.63, 3.8) is 0 Å². The fraction of sp³-hybridized carbons (Fsp3) is 0.435. The van der Waals surface area contributed by atoms with Crippen LogP contribution in [0.15, 0.2) is 24.3 Å². The first-order valence-electron chi connectivity index (χ1n) is 11.6. The summed E-state index contributed by atoms with van der Waals surface area (Å²) in [6.07, 6.45) is 1.96. The Morgan fingerprint density at radius 2 is 1.59 bits per heavy atom. The van der Waals surface area contributed by atoms with Crippen molar-refractivity contribution in [2.24, 2.45) is 5.92 Å². The summed E-state index contributed by atoms with van der Waals surface area (Å²) >= 11 is 0. The van der Waals surface area contributed by atoms with Crippen LogP contribution in [0, 0.1) is 19.8 Å². The minimum Gasteiger partial charge on any atom is -0.338 e. The number of hydrogen-bond acceptors (Lipinski definition) is 9. The number of aromatic nitrogens is 5. The van der Waals surface area contributed by atoms with Gasteiger partial charge < -0.3 is 25.8 Å². The second-order valence-electron chi connectivity index (χ2n) is 8.99. The van der Waals surface area contributed by atoms with Gasteiger partial charge >= 0.3 is 0 Å². The Bertz CT molecular complexity index is 1160. The molecule has 2 fully saturated rings. The molecule has 1 amide bonds. The molecule has 5 rings (SSSR count). The van der Waals surface area contributed by atoms with Crippen molar-refractivity contribution >= 4 is 40.9 Å². The van der Waals surface area contributed by atoms with E-state index in [2.05, 4.69) is 57.9 Å². The van der Waals surface area contributed by atoms with Crippen molar-refractivity contribution in [3.8, 4) is 0 Å². The number of hydrogen-bond donors (Lipinski definition) is 4. The van der Waals surface area contributed by atoms with Gasteiger partial charge in [-0.15, -0.1) is 0 Å². The lowest BCUT2D eigenvalue weighted by Crippen LogP contribution is -2.45. The van der Waals surface area contributed by atoms with E-state index in [1.54, 1.807) is 0 Å². The topological polar surface area (TPSA) is 127 Å². The predicted molar refractivity (Wildman–Crippen MR) is 132 cm³/mol. The molecular weight excluding hydrogens is 432 g/mol. The van der Waals surface area contributed by atoms with Crippen LogP contribution in [0.5, 0.6) is 0 Å². The zero-order valence-corrected chi connectivity index (χ0v) is 19.7. The van der Waals surface area contributed by atoms with Crippen LogP contribution in [0.3, 0.4) is 0 Å². The van der Waals surface area contributed by atoms with Crippen molar-refractivity contribution < 1.29 is 4.79 Å². The van der Waals surface area contributed by atoms with Crippen molar-refractivity contribution in [1.29, 1.82) is 0 Å². The Kier molecular flexibility index (Phi) is 6.01. The van der Waals surface area contributed by atoms with Crippen molar-refractivity contribution in [2.45, 2.75) is 26.7 Å². The van der Waals surface area contributed by atoms with Crippen LogP contribution in [0.25, 0.3) is 0 Å².